The van der Waals surface area contributed by atoms with E-state index in [0.29, 0.717) is 11.2 Å². The number of carbonyl (C=O) groups is 1. The van der Waals surface area contributed by atoms with E-state index in [1.165, 1.54) is 25.7 Å². The Morgan fingerprint density at radius 1 is 1.10 bits per heavy atom. The molecule has 2 heteroatoms. The highest BCUT2D eigenvalue weighted by molar-refractivity contribution is 5.85. The molecule has 0 aromatic heterocycles. The number of nitrogens with one attached hydrogen (secondary N) is 1. The molecule has 1 aliphatic rings. The molecule has 0 amide bonds. The van der Waals surface area contributed by atoms with Crippen LogP contribution in [-0.2, 0) is 4.79 Å². The topological polar surface area (TPSA) is 29.1 Å². The third kappa shape index (κ3) is 9.29. The minimum absolute atomic E-state index is 0.0706. The van der Waals surface area contributed by atoms with E-state index < -0.39 is 0 Å². The molecule has 1 unspecified atom stereocenters. The van der Waals surface area contributed by atoms with Crippen LogP contribution in [0.5, 0.6) is 0 Å². The molecule has 0 saturated heterocycles. The van der Waals surface area contributed by atoms with Gasteiger partial charge in [0.05, 0.1) is 6.04 Å². The van der Waals surface area contributed by atoms with Crippen molar-refractivity contribution in [3.05, 3.63) is 0 Å². The predicted molar refractivity (Wildman–Crippen MR) is 95.7 cm³/mol. The lowest BCUT2D eigenvalue weighted by Crippen LogP contribution is -2.39. The van der Waals surface area contributed by atoms with Crippen molar-refractivity contribution in [2.45, 2.75) is 93.5 Å². The van der Waals surface area contributed by atoms with Gasteiger partial charge in [-0.25, -0.2) is 0 Å². The molecule has 0 spiro atoms. The number of rotatable bonds is 5. The first-order chi connectivity index (χ1) is 9.85. The predicted octanol–water partition coefficient (Wildman–Crippen LogP) is 5.46. The Labute approximate surface area is 134 Å². The zero-order valence-electron chi connectivity index (χ0n) is 16.2. The van der Waals surface area contributed by atoms with E-state index in [2.05, 4.69) is 19.2 Å². The first kappa shape index (κ1) is 22.9. The Bertz CT molecular complexity index is 248. The van der Waals surface area contributed by atoms with Crippen LogP contribution in [-0.4, -0.2) is 18.9 Å². The minimum atomic E-state index is 0.0706. The highest BCUT2D eigenvalue weighted by Crippen LogP contribution is 2.39. The van der Waals surface area contributed by atoms with Gasteiger partial charge in [-0.1, -0.05) is 55.4 Å². The average molecular weight is 300 g/mol. The second-order valence-electron chi connectivity index (χ2n) is 6.74. The monoisotopic (exact) mass is 299 g/mol. The Morgan fingerprint density at radius 2 is 1.52 bits per heavy atom. The molecule has 21 heavy (non-hydrogen) atoms. The molecule has 1 aliphatic carbocycles. The van der Waals surface area contributed by atoms with E-state index in [0.717, 1.165) is 12.3 Å². The summed E-state index contributed by atoms with van der Waals surface area (Å²) in [7, 11) is 1.91. The summed E-state index contributed by atoms with van der Waals surface area (Å²) in [5.74, 6) is 1.26. The van der Waals surface area contributed by atoms with Gasteiger partial charge in [-0.15, -0.1) is 0 Å². The van der Waals surface area contributed by atoms with Gasteiger partial charge < -0.3 is 5.32 Å². The van der Waals surface area contributed by atoms with E-state index in [1.54, 1.807) is 0 Å². The van der Waals surface area contributed by atoms with E-state index in [-0.39, 0.29) is 12.0 Å². The number of carbonyl (C=O) groups excluding carboxylic acids is 1. The molecule has 1 atom stereocenters. The molecule has 128 valence electrons. The number of hydrogen-bond donors (Lipinski definition) is 1. The average Bonchev–Trinajstić information content (AvgIpc) is 2.49. The van der Waals surface area contributed by atoms with Crippen LogP contribution in [0.1, 0.15) is 87.5 Å². The zero-order chi connectivity index (χ0) is 17.1. The lowest BCUT2D eigenvalue weighted by atomic mass is 9.71. The van der Waals surface area contributed by atoms with Gasteiger partial charge in [0.15, 0.2) is 5.78 Å². The van der Waals surface area contributed by atoms with Gasteiger partial charge in [-0.2, -0.15) is 0 Å². The standard InChI is InChI=1S/C15H29NO.2C2H6/c1-11(2)14(17)13(16-5)10-12-6-8-15(3,4)9-7-12;2*1-2/h11-13,16H,6-10H2,1-5H3;2*1-2H3. The fourth-order valence-corrected chi connectivity index (χ4v) is 2.81. The van der Waals surface area contributed by atoms with Gasteiger partial charge >= 0.3 is 0 Å². The van der Waals surface area contributed by atoms with Crippen molar-refractivity contribution in [1.29, 1.82) is 0 Å². The van der Waals surface area contributed by atoms with Gasteiger partial charge in [0.2, 0.25) is 0 Å². The molecular weight excluding hydrogens is 258 g/mol. The van der Waals surface area contributed by atoms with E-state index >= 15 is 0 Å². The van der Waals surface area contributed by atoms with Crippen molar-refractivity contribution in [2.75, 3.05) is 7.05 Å². The Hall–Kier alpha value is -0.370. The maximum atomic E-state index is 12.0. The SMILES string of the molecule is CC.CC.CNC(CC1CCC(C)(C)CC1)C(=O)C(C)C. The maximum Gasteiger partial charge on any atom is 0.152 e. The van der Waals surface area contributed by atoms with Crippen molar-refractivity contribution >= 4 is 5.78 Å². The van der Waals surface area contributed by atoms with Gasteiger partial charge in [0.1, 0.15) is 0 Å². The van der Waals surface area contributed by atoms with Crippen LogP contribution in [0.2, 0.25) is 0 Å². The van der Waals surface area contributed by atoms with Crippen LogP contribution >= 0.6 is 0 Å². The first-order valence-corrected chi connectivity index (χ1v) is 9.06. The van der Waals surface area contributed by atoms with Crippen molar-refractivity contribution in [3.63, 3.8) is 0 Å². The van der Waals surface area contributed by atoms with Gasteiger partial charge in [0, 0.05) is 5.92 Å². The minimum Gasteiger partial charge on any atom is -0.311 e. The third-order valence-corrected chi connectivity index (χ3v) is 4.29. The van der Waals surface area contributed by atoms with E-state index in [1.807, 2.05) is 48.6 Å². The molecule has 0 aromatic rings. The summed E-state index contributed by atoms with van der Waals surface area (Å²) in [5.41, 5.74) is 0.522. The molecule has 0 radical (unpaired) electrons. The van der Waals surface area contributed by atoms with Crippen molar-refractivity contribution < 1.29 is 4.79 Å². The number of likely N-dealkylation sites (N-methyl/N-ethyl adjacent to an activating group) is 1. The first-order valence-electron chi connectivity index (χ1n) is 9.06. The third-order valence-electron chi connectivity index (χ3n) is 4.29. The highest BCUT2D eigenvalue weighted by Gasteiger charge is 2.30. The fraction of sp³-hybridized carbons (Fsp3) is 0.947. The molecule has 1 N–H and O–H groups in total. The van der Waals surface area contributed by atoms with Crippen LogP contribution in [0, 0.1) is 17.3 Å². The summed E-state index contributed by atoms with van der Waals surface area (Å²) in [6, 6.07) is 0.0706. The summed E-state index contributed by atoms with van der Waals surface area (Å²) in [6.45, 7) is 16.7. The van der Waals surface area contributed by atoms with Gasteiger partial charge in [0.25, 0.3) is 0 Å². The Morgan fingerprint density at radius 3 is 1.86 bits per heavy atom. The number of ketones is 1. The Balaban J connectivity index is 0. The van der Waals surface area contributed by atoms with Gasteiger partial charge in [-0.05, 0) is 50.5 Å². The second kappa shape index (κ2) is 12.2. The summed E-state index contributed by atoms with van der Waals surface area (Å²) >= 11 is 0. The lowest BCUT2D eigenvalue weighted by Gasteiger charge is -2.35. The Kier molecular flexibility index (Phi) is 13.3. The summed E-state index contributed by atoms with van der Waals surface area (Å²) in [6.07, 6.45) is 6.23. The maximum absolute atomic E-state index is 12.0. The molecule has 0 aromatic carbocycles. The molecule has 1 saturated carbocycles. The summed E-state index contributed by atoms with van der Waals surface area (Å²) < 4.78 is 0. The summed E-state index contributed by atoms with van der Waals surface area (Å²) in [5, 5.41) is 3.20. The molecule has 2 nitrogen and oxygen atoms in total. The molecule has 0 bridgehead atoms. The van der Waals surface area contributed by atoms with Crippen LogP contribution in [0.25, 0.3) is 0 Å². The fourth-order valence-electron chi connectivity index (χ4n) is 2.81. The molecule has 1 rings (SSSR count). The van der Waals surface area contributed by atoms with Crippen molar-refractivity contribution in [1.82, 2.24) is 5.32 Å². The highest BCUT2D eigenvalue weighted by atomic mass is 16.1. The zero-order valence-corrected chi connectivity index (χ0v) is 16.2. The van der Waals surface area contributed by atoms with Crippen molar-refractivity contribution in [2.24, 2.45) is 17.3 Å². The number of Topliss-reactive ketones (excluding diaryl/α,β-unsaturated/α-hetero) is 1. The normalized spacial score (nSPS) is 19.0. The van der Waals surface area contributed by atoms with Crippen LogP contribution in [0.3, 0.4) is 0 Å². The largest absolute Gasteiger partial charge is 0.311 e. The molecular formula is C19H41NO. The lowest BCUT2D eigenvalue weighted by molar-refractivity contribution is -0.124. The molecule has 0 aliphatic heterocycles. The quantitative estimate of drug-likeness (QED) is 0.730. The van der Waals surface area contributed by atoms with Crippen LogP contribution < -0.4 is 5.32 Å². The summed E-state index contributed by atoms with van der Waals surface area (Å²) in [4.78, 5) is 12.0. The number of hydrogen-bond acceptors (Lipinski definition) is 2. The molecule has 1 fully saturated rings. The molecule has 0 heterocycles. The van der Waals surface area contributed by atoms with Crippen molar-refractivity contribution in [3.8, 4) is 0 Å². The van der Waals surface area contributed by atoms with Crippen LogP contribution in [0.4, 0.5) is 0 Å². The van der Waals surface area contributed by atoms with Crippen LogP contribution in [0.15, 0.2) is 0 Å². The smallest absolute Gasteiger partial charge is 0.152 e. The van der Waals surface area contributed by atoms with E-state index in [4.69, 9.17) is 0 Å². The van der Waals surface area contributed by atoms with E-state index in [9.17, 15) is 4.79 Å². The second-order valence-corrected chi connectivity index (χ2v) is 6.74. The van der Waals surface area contributed by atoms with Gasteiger partial charge in [-0.3, -0.25) is 4.79 Å².